The summed E-state index contributed by atoms with van der Waals surface area (Å²) < 4.78 is 5.47. The van der Waals surface area contributed by atoms with Crippen LogP contribution in [0.4, 0.5) is 11.4 Å². The van der Waals surface area contributed by atoms with Gasteiger partial charge in [-0.1, -0.05) is 58.6 Å². The van der Waals surface area contributed by atoms with Crippen molar-refractivity contribution in [3.05, 3.63) is 98.1 Å². The number of nitrogens with one attached hydrogen (secondary N) is 1. The zero-order valence-corrected chi connectivity index (χ0v) is 20.3. The molecule has 9 heteroatoms. The van der Waals surface area contributed by atoms with E-state index < -0.39 is 17.8 Å². The van der Waals surface area contributed by atoms with Gasteiger partial charge in [0, 0.05) is 5.69 Å². The lowest BCUT2D eigenvalue weighted by Crippen LogP contribution is -2.32. The Hall–Kier alpha value is -3.32. The number of esters is 1. The van der Waals surface area contributed by atoms with E-state index in [0.717, 1.165) is 16.0 Å². The summed E-state index contributed by atoms with van der Waals surface area (Å²) in [5.74, 6) is -1.46. The maximum absolute atomic E-state index is 13.0. The minimum Gasteiger partial charge on any atom is -0.423 e. The minimum absolute atomic E-state index is 0.0586. The number of ether oxygens (including phenoxy) is 1. The Morgan fingerprint density at radius 2 is 1.62 bits per heavy atom. The zero-order valence-electron chi connectivity index (χ0n) is 18.0. The maximum atomic E-state index is 13.0. The largest absolute Gasteiger partial charge is 0.423 e. The molecule has 0 atom stereocenters. The summed E-state index contributed by atoms with van der Waals surface area (Å²) in [6, 6.07) is 16.3. The number of benzene rings is 3. The van der Waals surface area contributed by atoms with Gasteiger partial charge in [-0.05, 0) is 61.9 Å². The Balaban J connectivity index is 1.50. The van der Waals surface area contributed by atoms with Gasteiger partial charge in [0.05, 0.1) is 21.3 Å². The quantitative estimate of drug-likeness (QED) is 0.246. The molecule has 1 heterocycles. The van der Waals surface area contributed by atoms with Crippen molar-refractivity contribution < 1.29 is 19.1 Å². The third-order valence-corrected chi connectivity index (χ3v) is 6.28. The number of anilines is 2. The SMILES string of the molecule is Cc1ccc(OC(=O)c2ccc(NC3=C(Cl)C(=O)N(c4cccc(Cl)c4Cl)C3=O)cc2)c(C)c1. The number of carbonyl (C=O) groups is 3. The fraction of sp³-hybridized carbons (Fsp3) is 0.0800. The lowest BCUT2D eigenvalue weighted by molar-refractivity contribution is -0.120. The van der Waals surface area contributed by atoms with Gasteiger partial charge in [0.15, 0.2) is 0 Å². The molecule has 0 saturated carbocycles. The number of hydrogen-bond donors (Lipinski definition) is 1. The Morgan fingerprint density at radius 3 is 2.29 bits per heavy atom. The number of rotatable bonds is 5. The molecule has 1 N–H and O–H groups in total. The van der Waals surface area contributed by atoms with Crippen LogP contribution in [0.1, 0.15) is 21.5 Å². The number of carbonyl (C=O) groups excluding carboxylic acids is 3. The first kappa shape index (κ1) is 23.8. The van der Waals surface area contributed by atoms with Gasteiger partial charge >= 0.3 is 5.97 Å². The van der Waals surface area contributed by atoms with Gasteiger partial charge in [-0.3, -0.25) is 9.59 Å². The monoisotopic (exact) mass is 514 g/mol. The molecule has 0 fully saturated rings. The summed E-state index contributed by atoms with van der Waals surface area (Å²) in [6.45, 7) is 3.82. The standard InChI is InChI=1S/C25H17Cl3N2O4/c1-13-6-11-19(14(2)12-13)34-25(33)15-7-9-16(10-8-15)29-22-21(28)23(31)30(24(22)32)18-5-3-4-17(26)20(18)27/h3-12,29H,1-2H3. The zero-order chi connectivity index (χ0) is 24.6. The van der Waals surface area contributed by atoms with Gasteiger partial charge in [0.2, 0.25) is 0 Å². The molecule has 0 aromatic heterocycles. The molecule has 0 unspecified atom stereocenters. The predicted molar refractivity (Wildman–Crippen MR) is 133 cm³/mol. The summed E-state index contributed by atoms with van der Waals surface area (Å²) in [5.41, 5.74) is 2.68. The lowest BCUT2D eigenvalue weighted by Gasteiger charge is -2.17. The first-order chi connectivity index (χ1) is 16.2. The maximum Gasteiger partial charge on any atom is 0.343 e. The molecule has 1 aliphatic rings. The van der Waals surface area contributed by atoms with Crippen LogP contribution in [0, 0.1) is 13.8 Å². The Kier molecular flexibility index (Phi) is 6.66. The van der Waals surface area contributed by atoms with E-state index in [1.165, 1.54) is 18.2 Å². The topological polar surface area (TPSA) is 75.7 Å². The van der Waals surface area contributed by atoms with Crippen molar-refractivity contribution in [2.75, 3.05) is 10.2 Å². The van der Waals surface area contributed by atoms with Crippen LogP contribution in [0.15, 0.2) is 71.4 Å². The first-order valence-electron chi connectivity index (χ1n) is 10.1. The van der Waals surface area contributed by atoms with Crippen molar-refractivity contribution in [2.45, 2.75) is 13.8 Å². The Bertz CT molecular complexity index is 1370. The molecule has 34 heavy (non-hydrogen) atoms. The highest BCUT2D eigenvalue weighted by atomic mass is 35.5. The van der Waals surface area contributed by atoms with Gasteiger partial charge in [-0.2, -0.15) is 0 Å². The van der Waals surface area contributed by atoms with E-state index in [2.05, 4.69) is 5.32 Å². The second-order valence-corrected chi connectivity index (χ2v) is 8.73. The van der Waals surface area contributed by atoms with E-state index >= 15 is 0 Å². The average molecular weight is 516 g/mol. The number of halogens is 3. The third-order valence-electron chi connectivity index (χ3n) is 5.12. The van der Waals surface area contributed by atoms with Gasteiger partial charge in [0.25, 0.3) is 11.8 Å². The van der Waals surface area contributed by atoms with E-state index in [1.54, 1.807) is 30.3 Å². The molecular formula is C25H17Cl3N2O4. The van der Waals surface area contributed by atoms with Crippen molar-refractivity contribution in [2.24, 2.45) is 0 Å². The van der Waals surface area contributed by atoms with Gasteiger partial charge < -0.3 is 10.1 Å². The molecule has 0 radical (unpaired) electrons. The van der Waals surface area contributed by atoms with Gasteiger partial charge in [0.1, 0.15) is 16.5 Å². The molecule has 172 valence electrons. The second kappa shape index (κ2) is 9.50. The third kappa shape index (κ3) is 4.53. The second-order valence-electron chi connectivity index (χ2n) is 7.57. The molecule has 0 saturated heterocycles. The highest BCUT2D eigenvalue weighted by Gasteiger charge is 2.40. The Morgan fingerprint density at radius 1 is 0.912 bits per heavy atom. The van der Waals surface area contributed by atoms with Crippen LogP contribution in [0.2, 0.25) is 10.0 Å². The van der Waals surface area contributed by atoms with E-state index in [9.17, 15) is 14.4 Å². The van der Waals surface area contributed by atoms with Crippen LogP contribution in [0.25, 0.3) is 0 Å². The van der Waals surface area contributed by atoms with Crippen molar-refractivity contribution in [3.8, 4) is 5.75 Å². The van der Waals surface area contributed by atoms with Gasteiger partial charge in [-0.25, -0.2) is 9.69 Å². The van der Waals surface area contributed by atoms with E-state index in [1.807, 2.05) is 26.0 Å². The summed E-state index contributed by atoms with van der Waals surface area (Å²) >= 11 is 18.4. The molecule has 0 bridgehead atoms. The fourth-order valence-corrected chi connectivity index (χ4v) is 3.99. The number of hydrogen-bond acceptors (Lipinski definition) is 5. The molecule has 3 aromatic rings. The van der Waals surface area contributed by atoms with Crippen LogP contribution in [0.3, 0.4) is 0 Å². The molecule has 0 aliphatic carbocycles. The van der Waals surface area contributed by atoms with Crippen LogP contribution in [0.5, 0.6) is 5.75 Å². The van der Waals surface area contributed by atoms with Crippen molar-refractivity contribution >= 4 is 64.0 Å². The van der Waals surface area contributed by atoms with E-state index in [0.29, 0.717) is 17.0 Å². The predicted octanol–water partition coefficient (Wildman–Crippen LogP) is 6.27. The molecule has 3 aromatic carbocycles. The number of amides is 2. The minimum atomic E-state index is -0.730. The fourth-order valence-electron chi connectivity index (χ4n) is 3.40. The summed E-state index contributed by atoms with van der Waals surface area (Å²) in [6.07, 6.45) is 0. The van der Waals surface area contributed by atoms with Crippen LogP contribution >= 0.6 is 34.8 Å². The van der Waals surface area contributed by atoms with E-state index in [4.69, 9.17) is 39.5 Å². The van der Waals surface area contributed by atoms with Crippen LogP contribution < -0.4 is 15.0 Å². The lowest BCUT2D eigenvalue weighted by atomic mass is 10.1. The van der Waals surface area contributed by atoms with Crippen LogP contribution in [-0.4, -0.2) is 17.8 Å². The molecule has 1 aliphatic heterocycles. The molecule has 4 rings (SSSR count). The van der Waals surface area contributed by atoms with Crippen LogP contribution in [-0.2, 0) is 9.59 Å². The Labute approximate surface area is 210 Å². The van der Waals surface area contributed by atoms with Crippen molar-refractivity contribution in [3.63, 3.8) is 0 Å². The van der Waals surface area contributed by atoms with Crippen molar-refractivity contribution in [1.29, 1.82) is 0 Å². The molecular weight excluding hydrogens is 499 g/mol. The number of nitrogens with zero attached hydrogens (tertiary/aromatic N) is 1. The average Bonchev–Trinajstić information content (AvgIpc) is 3.01. The van der Waals surface area contributed by atoms with Crippen molar-refractivity contribution in [1.82, 2.24) is 0 Å². The smallest absolute Gasteiger partial charge is 0.343 e. The normalized spacial score (nSPS) is 13.5. The molecule has 0 spiro atoms. The first-order valence-corrected chi connectivity index (χ1v) is 11.2. The summed E-state index contributed by atoms with van der Waals surface area (Å²) in [4.78, 5) is 39.0. The molecule has 6 nitrogen and oxygen atoms in total. The number of imide groups is 1. The highest BCUT2D eigenvalue weighted by molar-refractivity contribution is 6.54. The highest BCUT2D eigenvalue weighted by Crippen LogP contribution is 2.37. The summed E-state index contributed by atoms with van der Waals surface area (Å²) in [5, 5.41) is 2.80. The van der Waals surface area contributed by atoms with E-state index in [-0.39, 0.29) is 26.5 Å². The van der Waals surface area contributed by atoms with Gasteiger partial charge in [-0.15, -0.1) is 0 Å². The number of aryl methyl sites for hydroxylation is 2. The molecule has 2 amide bonds. The summed E-state index contributed by atoms with van der Waals surface area (Å²) in [7, 11) is 0.